The molecule has 20 heavy (non-hydrogen) atoms. The van der Waals surface area contributed by atoms with Gasteiger partial charge in [-0.25, -0.2) is 8.42 Å². The van der Waals surface area contributed by atoms with Gasteiger partial charge in [0.15, 0.2) is 0 Å². The van der Waals surface area contributed by atoms with Crippen LogP contribution in [0.25, 0.3) is 0 Å². The van der Waals surface area contributed by atoms with Crippen LogP contribution in [0.1, 0.15) is 17.0 Å². The molecule has 1 heterocycles. The summed E-state index contributed by atoms with van der Waals surface area (Å²) in [5, 5.41) is 3.66. The third-order valence-electron chi connectivity index (χ3n) is 2.54. The van der Waals surface area contributed by atoms with Gasteiger partial charge in [-0.2, -0.15) is 0 Å². The maximum absolute atomic E-state index is 12.1. The zero-order chi connectivity index (χ0) is 14.9. The van der Waals surface area contributed by atoms with E-state index in [9.17, 15) is 8.42 Å². The zero-order valence-electron chi connectivity index (χ0n) is 11.0. The maximum atomic E-state index is 12.1. The van der Waals surface area contributed by atoms with E-state index >= 15 is 0 Å². The molecule has 0 amide bonds. The fourth-order valence-electron chi connectivity index (χ4n) is 1.75. The molecule has 0 radical (unpaired) electrons. The van der Waals surface area contributed by atoms with Crippen LogP contribution in [0, 0.1) is 13.8 Å². The fraction of sp³-hybridized carbons (Fsp3) is 0.250. The van der Waals surface area contributed by atoms with Crippen molar-refractivity contribution in [2.24, 2.45) is 0 Å². The number of nitrogens with one attached hydrogen (secondary N) is 1. The van der Waals surface area contributed by atoms with Crippen molar-refractivity contribution in [2.75, 3.05) is 10.5 Å². The number of sulfonamides is 1. The van der Waals surface area contributed by atoms with Gasteiger partial charge in [0.1, 0.15) is 17.2 Å². The molecule has 2 rings (SSSR count). The number of aryl methyl sites for hydroxylation is 2. The maximum Gasteiger partial charge on any atom is 0.238 e. The number of aromatic nitrogens is 1. The zero-order valence-corrected chi connectivity index (χ0v) is 13.4. The summed E-state index contributed by atoms with van der Waals surface area (Å²) in [7, 11) is -3.61. The molecular formula is C12H14BrN3O3S. The Kier molecular flexibility index (Phi) is 4.05. The summed E-state index contributed by atoms with van der Waals surface area (Å²) >= 11 is 3.30. The molecule has 0 bridgehead atoms. The van der Waals surface area contributed by atoms with E-state index < -0.39 is 10.0 Å². The van der Waals surface area contributed by atoms with E-state index in [-0.39, 0.29) is 5.75 Å². The van der Waals surface area contributed by atoms with Gasteiger partial charge in [0, 0.05) is 10.5 Å². The molecule has 108 valence electrons. The first-order chi connectivity index (χ1) is 9.27. The molecular weight excluding hydrogens is 346 g/mol. The van der Waals surface area contributed by atoms with Crippen molar-refractivity contribution in [3.8, 4) is 0 Å². The first-order valence-electron chi connectivity index (χ1n) is 5.75. The number of hydrogen-bond acceptors (Lipinski definition) is 5. The minimum atomic E-state index is -3.61. The average molecular weight is 360 g/mol. The van der Waals surface area contributed by atoms with Crippen LogP contribution in [-0.4, -0.2) is 13.6 Å². The summed E-state index contributed by atoms with van der Waals surface area (Å²) < 4.78 is 32.1. The Bertz CT molecular complexity index is 717. The van der Waals surface area contributed by atoms with Gasteiger partial charge in [-0.1, -0.05) is 5.16 Å². The summed E-state index contributed by atoms with van der Waals surface area (Å²) in [5.41, 5.74) is 7.80. The normalized spacial score (nSPS) is 11.6. The van der Waals surface area contributed by atoms with Gasteiger partial charge in [-0.15, -0.1) is 0 Å². The summed E-state index contributed by atoms with van der Waals surface area (Å²) in [6, 6.07) is 5.06. The van der Waals surface area contributed by atoms with Crippen LogP contribution in [0.4, 0.5) is 11.4 Å². The van der Waals surface area contributed by atoms with Crippen molar-refractivity contribution in [3.63, 3.8) is 0 Å². The summed E-state index contributed by atoms with van der Waals surface area (Å²) in [5.74, 6) is 0.288. The van der Waals surface area contributed by atoms with Crippen LogP contribution in [0.3, 0.4) is 0 Å². The Labute approximate surface area is 125 Å². The second-order valence-electron chi connectivity index (χ2n) is 4.50. The highest BCUT2D eigenvalue weighted by Gasteiger charge is 2.17. The Morgan fingerprint density at radius 1 is 1.35 bits per heavy atom. The predicted molar refractivity (Wildman–Crippen MR) is 80.8 cm³/mol. The SMILES string of the molecule is Cc1cc(N)c(NS(=O)(=O)Cc2cc(C)on2)c(Br)c1. The molecule has 0 fully saturated rings. The lowest BCUT2D eigenvalue weighted by Gasteiger charge is -2.12. The highest BCUT2D eigenvalue weighted by atomic mass is 79.9. The highest BCUT2D eigenvalue weighted by molar-refractivity contribution is 9.10. The number of hydrogen-bond donors (Lipinski definition) is 2. The lowest BCUT2D eigenvalue weighted by molar-refractivity contribution is 0.392. The first kappa shape index (κ1) is 14.9. The van der Waals surface area contributed by atoms with E-state index in [1.807, 2.05) is 6.92 Å². The number of halogens is 1. The quantitative estimate of drug-likeness (QED) is 0.817. The van der Waals surface area contributed by atoms with E-state index in [0.29, 0.717) is 27.3 Å². The van der Waals surface area contributed by atoms with Crippen molar-refractivity contribution in [1.82, 2.24) is 5.16 Å². The Balaban J connectivity index is 2.25. The van der Waals surface area contributed by atoms with E-state index in [1.54, 1.807) is 25.1 Å². The third-order valence-corrected chi connectivity index (χ3v) is 4.35. The summed E-state index contributed by atoms with van der Waals surface area (Å²) in [6.45, 7) is 3.57. The van der Waals surface area contributed by atoms with Crippen LogP contribution >= 0.6 is 15.9 Å². The van der Waals surface area contributed by atoms with E-state index in [0.717, 1.165) is 5.56 Å². The summed E-state index contributed by atoms with van der Waals surface area (Å²) in [4.78, 5) is 0. The smallest absolute Gasteiger partial charge is 0.238 e. The van der Waals surface area contributed by atoms with Crippen LogP contribution in [0.5, 0.6) is 0 Å². The largest absolute Gasteiger partial charge is 0.397 e. The molecule has 1 aromatic heterocycles. The van der Waals surface area contributed by atoms with Crippen LogP contribution in [-0.2, 0) is 15.8 Å². The van der Waals surface area contributed by atoms with Gasteiger partial charge >= 0.3 is 0 Å². The molecule has 3 N–H and O–H groups in total. The molecule has 0 spiro atoms. The second-order valence-corrected chi connectivity index (χ2v) is 7.08. The number of anilines is 2. The molecule has 0 atom stereocenters. The molecule has 0 saturated carbocycles. The van der Waals surface area contributed by atoms with Gasteiger partial charge in [-0.3, -0.25) is 4.72 Å². The topological polar surface area (TPSA) is 98.2 Å². The van der Waals surface area contributed by atoms with Gasteiger partial charge in [0.2, 0.25) is 10.0 Å². The minimum absolute atomic E-state index is 0.274. The Morgan fingerprint density at radius 2 is 2.05 bits per heavy atom. The molecule has 0 aliphatic heterocycles. The number of rotatable bonds is 4. The molecule has 0 saturated heterocycles. The second kappa shape index (κ2) is 5.45. The fourth-order valence-corrected chi connectivity index (χ4v) is 3.71. The van der Waals surface area contributed by atoms with Crippen LogP contribution in [0.2, 0.25) is 0 Å². The highest BCUT2D eigenvalue weighted by Crippen LogP contribution is 2.31. The van der Waals surface area contributed by atoms with Gasteiger partial charge in [0.25, 0.3) is 0 Å². The minimum Gasteiger partial charge on any atom is -0.397 e. The molecule has 1 aromatic carbocycles. The number of benzene rings is 1. The predicted octanol–water partition coefficient (Wildman–Crippen LogP) is 2.58. The molecule has 0 aliphatic carbocycles. The van der Waals surface area contributed by atoms with Crippen molar-refractivity contribution in [3.05, 3.63) is 39.7 Å². The van der Waals surface area contributed by atoms with Gasteiger partial charge in [-0.05, 0) is 47.5 Å². The lowest BCUT2D eigenvalue weighted by Crippen LogP contribution is -2.16. The van der Waals surface area contributed by atoms with Crippen LogP contribution in [0.15, 0.2) is 27.2 Å². The van der Waals surface area contributed by atoms with E-state index in [1.165, 1.54) is 0 Å². The Morgan fingerprint density at radius 3 is 2.60 bits per heavy atom. The standard InChI is InChI=1S/C12H14BrN3O3S/c1-7-3-10(13)12(11(14)4-7)16-20(17,18)6-9-5-8(2)19-15-9/h3-5,16H,6,14H2,1-2H3. The monoisotopic (exact) mass is 359 g/mol. The van der Waals surface area contributed by atoms with Crippen molar-refractivity contribution in [1.29, 1.82) is 0 Å². The van der Waals surface area contributed by atoms with Crippen molar-refractivity contribution in [2.45, 2.75) is 19.6 Å². The molecule has 0 unspecified atom stereocenters. The molecule has 6 nitrogen and oxygen atoms in total. The number of nitrogens with zero attached hydrogens (tertiary/aromatic N) is 1. The van der Waals surface area contributed by atoms with E-state index in [2.05, 4.69) is 25.8 Å². The van der Waals surface area contributed by atoms with Crippen LogP contribution < -0.4 is 10.5 Å². The third kappa shape index (κ3) is 3.51. The summed E-state index contributed by atoms with van der Waals surface area (Å²) in [6.07, 6.45) is 0. The number of nitrogens with two attached hydrogens (primary N) is 1. The van der Waals surface area contributed by atoms with Gasteiger partial charge in [0.05, 0.1) is 11.4 Å². The Hall–Kier alpha value is -1.54. The molecule has 8 heteroatoms. The van der Waals surface area contributed by atoms with Crippen molar-refractivity contribution >= 4 is 37.3 Å². The van der Waals surface area contributed by atoms with Gasteiger partial charge < -0.3 is 10.3 Å². The molecule has 2 aromatic rings. The average Bonchev–Trinajstić information content (AvgIpc) is 2.68. The molecule has 0 aliphatic rings. The number of nitrogen functional groups attached to an aromatic ring is 1. The lowest BCUT2D eigenvalue weighted by atomic mass is 10.2. The first-order valence-corrected chi connectivity index (χ1v) is 8.19. The van der Waals surface area contributed by atoms with Crippen molar-refractivity contribution < 1.29 is 12.9 Å². The van der Waals surface area contributed by atoms with E-state index in [4.69, 9.17) is 10.3 Å².